The highest BCUT2D eigenvalue weighted by Gasteiger charge is 2.11. The molecule has 1 atom stereocenters. The standard InChI is InChI=1S/C16H25N3S/c1-3-5-8-14(7-4-2)17-11-13-12-18-19-16(13)15-9-6-10-20-15/h6,9-10,12,14,17H,3-5,7-8,11H2,1-2H3,(H,18,19). The number of hydrogen-bond donors (Lipinski definition) is 2. The lowest BCUT2D eigenvalue weighted by atomic mass is 10.0. The first-order valence-corrected chi connectivity index (χ1v) is 8.52. The Morgan fingerprint density at radius 3 is 2.90 bits per heavy atom. The van der Waals surface area contributed by atoms with E-state index in [2.05, 4.69) is 46.9 Å². The second-order valence-electron chi connectivity index (χ2n) is 5.26. The first-order chi connectivity index (χ1) is 9.85. The predicted octanol–water partition coefficient (Wildman–Crippen LogP) is 4.59. The molecule has 2 rings (SSSR count). The Kier molecular flexibility index (Phi) is 6.27. The molecule has 4 heteroatoms. The van der Waals surface area contributed by atoms with Crippen molar-refractivity contribution >= 4 is 11.3 Å². The van der Waals surface area contributed by atoms with Crippen molar-refractivity contribution in [3.8, 4) is 10.6 Å². The minimum absolute atomic E-state index is 0.631. The second-order valence-corrected chi connectivity index (χ2v) is 6.20. The molecule has 2 aromatic rings. The molecule has 110 valence electrons. The van der Waals surface area contributed by atoms with Gasteiger partial charge in [0.1, 0.15) is 0 Å². The maximum Gasteiger partial charge on any atom is 0.0794 e. The van der Waals surface area contributed by atoms with E-state index >= 15 is 0 Å². The zero-order chi connectivity index (χ0) is 14.2. The van der Waals surface area contributed by atoms with Gasteiger partial charge in [0.15, 0.2) is 0 Å². The van der Waals surface area contributed by atoms with E-state index in [0.717, 1.165) is 6.54 Å². The van der Waals surface area contributed by atoms with Crippen LogP contribution < -0.4 is 5.32 Å². The third-order valence-corrected chi connectivity index (χ3v) is 4.50. The third-order valence-electron chi connectivity index (χ3n) is 3.61. The highest BCUT2D eigenvalue weighted by molar-refractivity contribution is 7.13. The highest BCUT2D eigenvalue weighted by atomic mass is 32.1. The number of H-pyrrole nitrogens is 1. The molecule has 0 spiro atoms. The number of thiophene rings is 1. The number of aromatic nitrogens is 2. The van der Waals surface area contributed by atoms with Crippen molar-refractivity contribution in [1.29, 1.82) is 0 Å². The van der Waals surface area contributed by atoms with Gasteiger partial charge in [-0.1, -0.05) is 39.2 Å². The number of rotatable bonds is 9. The Bertz CT molecular complexity index is 476. The Morgan fingerprint density at radius 2 is 2.20 bits per heavy atom. The van der Waals surface area contributed by atoms with Crippen molar-refractivity contribution in [3.05, 3.63) is 29.3 Å². The summed E-state index contributed by atoms with van der Waals surface area (Å²) in [5.74, 6) is 0. The van der Waals surface area contributed by atoms with E-state index in [1.807, 2.05) is 6.20 Å². The first kappa shape index (κ1) is 15.3. The summed E-state index contributed by atoms with van der Waals surface area (Å²) in [5, 5.41) is 13.1. The largest absolute Gasteiger partial charge is 0.310 e. The molecule has 0 bridgehead atoms. The van der Waals surface area contributed by atoms with Crippen LogP contribution in [0.2, 0.25) is 0 Å². The van der Waals surface area contributed by atoms with Crippen LogP contribution in [0.4, 0.5) is 0 Å². The summed E-state index contributed by atoms with van der Waals surface area (Å²) in [7, 11) is 0. The van der Waals surface area contributed by atoms with E-state index in [9.17, 15) is 0 Å². The SMILES string of the molecule is CCCCC(CCC)NCc1cn[nH]c1-c1cccs1. The molecule has 2 N–H and O–H groups in total. The molecule has 20 heavy (non-hydrogen) atoms. The van der Waals surface area contributed by atoms with Crippen molar-refractivity contribution in [2.45, 2.75) is 58.5 Å². The van der Waals surface area contributed by atoms with Crippen molar-refractivity contribution in [2.24, 2.45) is 0 Å². The fourth-order valence-corrected chi connectivity index (χ4v) is 3.24. The van der Waals surface area contributed by atoms with E-state index in [1.54, 1.807) is 11.3 Å². The van der Waals surface area contributed by atoms with Crippen LogP contribution in [0.1, 0.15) is 51.5 Å². The average molecular weight is 291 g/mol. The van der Waals surface area contributed by atoms with E-state index in [0.29, 0.717) is 6.04 Å². The van der Waals surface area contributed by atoms with Crippen molar-refractivity contribution in [3.63, 3.8) is 0 Å². The number of nitrogens with zero attached hydrogens (tertiary/aromatic N) is 1. The van der Waals surface area contributed by atoms with Crippen LogP contribution in [0.15, 0.2) is 23.7 Å². The van der Waals surface area contributed by atoms with Crippen LogP contribution in [0.5, 0.6) is 0 Å². The Morgan fingerprint density at radius 1 is 1.30 bits per heavy atom. The molecule has 1 unspecified atom stereocenters. The summed E-state index contributed by atoms with van der Waals surface area (Å²) in [5.41, 5.74) is 2.43. The average Bonchev–Trinajstić information content (AvgIpc) is 3.11. The minimum atomic E-state index is 0.631. The van der Waals surface area contributed by atoms with E-state index in [-0.39, 0.29) is 0 Å². The Labute approximate surface area is 125 Å². The van der Waals surface area contributed by atoms with Crippen LogP contribution in [0, 0.1) is 0 Å². The molecule has 2 aromatic heterocycles. The zero-order valence-corrected chi connectivity index (χ0v) is 13.3. The van der Waals surface area contributed by atoms with E-state index < -0.39 is 0 Å². The molecule has 0 fully saturated rings. The topological polar surface area (TPSA) is 40.7 Å². The fourth-order valence-electron chi connectivity index (χ4n) is 2.48. The molecule has 0 aromatic carbocycles. The van der Waals surface area contributed by atoms with Gasteiger partial charge in [-0.25, -0.2) is 0 Å². The molecule has 3 nitrogen and oxygen atoms in total. The first-order valence-electron chi connectivity index (χ1n) is 7.64. The molecular weight excluding hydrogens is 266 g/mol. The maximum atomic E-state index is 4.21. The smallest absolute Gasteiger partial charge is 0.0794 e. The molecule has 0 radical (unpaired) electrons. The van der Waals surface area contributed by atoms with Gasteiger partial charge in [0, 0.05) is 18.2 Å². The number of hydrogen-bond acceptors (Lipinski definition) is 3. The van der Waals surface area contributed by atoms with Crippen molar-refractivity contribution < 1.29 is 0 Å². The van der Waals surface area contributed by atoms with Crippen molar-refractivity contribution in [1.82, 2.24) is 15.5 Å². The molecule has 0 amide bonds. The summed E-state index contributed by atoms with van der Waals surface area (Å²) in [6, 6.07) is 4.85. The third kappa shape index (κ3) is 4.18. The maximum absolute atomic E-state index is 4.21. The molecule has 2 heterocycles. The van der Waals surface area contributed by atoms with E-state index in [4.69, 9.17) is 0 Å². The Balaban J connectivity index is 1.94. The molecule has 0 aliphatic carbocycles. The van der Waals surface area contributed by atoms with Gasteiger partial charge < -0.3 is 5.32 Å². The highest BCUT2D eigenvalue weighted by Crippen LogP contribution is 2.25. The van der Waals surface area contributed by atoms with Crippen LogP contribution in [0.3, 0.4) is 0 Å². The lowest BCUT2D eigenvalue weighted by molar-refractivity contribution is 0.434. The Hall–Kier alpha value is -1.13. The lowest BCUT2D eigenvalue weighted by Gasteiger charge is -2.17. The summed E-state index contributed by atoms with van der Waals surface area (Å²) in [6.45, 7) is 5.42. The van der Waals surface area contributed by atoms with Gasteiger partial charge in [-0.15, -0.1) is 11.3 Å². The molecule has 0 saturated heterocycles. The number of aromatic amines is 1. The van der Waals surface area contributed by atoms with Gasteiger partial charge >= 0.3 is 0 Å². The molecule has 0 aliphatic rings. The second kappa shape index (κ2) is 8.22. The fraction of sp³-hybridized carbons (Fsp3) is 0.562. The predicted molar refractivity (Wildman–Crippen MR) is 87.0 cm³/mol. The van der Waals surface area contributed by atoms with Gasteiger partial charge in [-0.3, -0.25) is 5.10 Å². The minimum Gasteiger partial charge on any atom is -0.310 e. The van der Waals surface area contributed by atoms with Gasteiger partial charge in [-0.2, -0.15) is 5.10 Å². The van der Waals surface area contributed by atoms with E-state index in [1.165, 1.54) is 48.2 Å². The van der Waals surface area contributed by atoms with Crippen LogP contribution in [-0.2, 0) is 6.54 Å². The summed E-state index contributed by atoms with van der Waals surface area (Å²) in [4.78, 5) is 1.26. The van der Waals surface area contributed by atoms with Crippen LogP contribution in [-0.4, -0.2) is 16.2 Å². The normalized spacial score (nSPS) is 12.7. The molecular formula is C16H25N3S. The van der Waals surface area contributed by atoms with Gasteiger partial charge in [0.05, 0.1) is 16.8 Å². The van der Waals surface area contributed by atoms with Crippen LogP contribution >= 0.6 is 11.3 Å². The number of nitrogens with one attached hydrogen (secondary N) is 2. The zero-order valence-electron chi connectivity index (χ0n) is 12.5. The quantitative estimate of drug-likeness (QED) is 0.709. The van der Waals surface area contributed by atoms with Gasteiger partial charge in [0.2, 0.25) is 0 Å². The summed E-state index contributed by atoms with van der Waals surface area (Å²) >= 11 is 1.75. The summed E-state index contributed by atoms with van der Waals surface area (Å²) < 4.78 is 0. The lowest BCUT2D eigenvalue weighted by Crippen LogP contribution is -2.28. The van der Waals surface area contributed by atoms with Crippen LogP contribution in [0.25, 0.3) is 10.6 Å². The summed E-state index contributed by atoms with van der Waals surface area (Å²) in [6.07, 6.45) is 8.30. The van der Waals surface area contributed by atoms with Crippen molar-refractivity contribution in [2.75, 3.05) is 0 Å². The molecule has 0 aliphatic heterocycles. The number of unbranched alkanes of at least 4 members (excludes halogenated alkanes) is 1. The monoisotopic (exact) mass is 291 g/mol. The molecule has 0 saturated carbocycles. The van der Waals surface area contributed by atoms with Gasteiger partial charge in [-0.05, 0) is 24.3 Å². The van der Waals surface area contributed by atoms with Gasteiger partial charge in [0.25, 0.3) is 0 Å².